The van der Waals surface area contributed by atoms with E-state index in [2.05, 4.69) is 0 Å². The Labute approximate surface area is 182 Å². The first-order valence-corrected chi connectivity index (χ1v) is 10.4. The van der Waals surface area contributed by atoms with E-state index in [1.165, 1.54) is 0 Å². The van der Waals surface area contributed by atoms with Crippen LogP contribution in [0.4, 0.5) is 0 Å². The lowest BCUT2D eigenvalue weighted by atomic mass is 9.79. The van der Waals surface area contributed by atoms with Gasteiger partial charge in [-0.2, -0.15) is 0 Å². The summed E-state index contributed by atoms with van der Waals surface area (Å²) in [4.78, 5) is 13.1. The quantitative estimate of drug-likeness (QED) is 0.316. The fourth-order valence-electron chi connectivity index (χ4n) is 3.60. The molecule has 4 rings (SSSR count). The molecule has 0 radical (unpaired) electrons. The number of ether oxygens (including phenoxy) is 2. The van der Waals surface area contributed by atoms with Gasteiger partial charge in [-0.3, -0.25) is 4.79 Å². The Morgan fingerprint density at radius 3 is 2.32 bits per heavy atom. The molecular weight excluding hydrogens is 388 g/mol. The van der Waals surface area contributed by atoms with Crippen molar-refractivity contribution in [3.05, 3.63) is 96.3 Å². The van der Waals surface area contributed by atoms with E-state index in [-0.39, 0.29) is 18.0 Å². The van der Waals surface area contributed by atoms with Gasteiger partial charge in [-0.25, -0.2) is 0 Å². The van der Waals surface area contributed by atoms with Crippen LogP contribution >= 0.6 is 0 Å². The Balaban J connectivity index is 1.49. The summed E-state index contributed by atoms with van der Waals surface area (Å²) in [7, 11) is 0. The van der Waals surface area contributed by atoms with Crippen molar-refractivity contribution in [2.24, 2.45) is 5.41 Å². The first-order valence-electron chi connectivity index (χ1n) is 10.4. The number of hydrogen-bond acceptors (Lipinski definition) is 4. The van der Waals surface area contributed by atoms with Crippen molar-refractivity contribution in [1.82, 2.24) is 0 Å². The van der Waals surface area contributed by atoms with Crippen molar-refractivity contribution in [3.8, 4) is 11.5 Å². The minimum absolute atomic E-state index is 0.164. The summed E-state index contributed by atoms with van der Waals surface area (Å²) in [5.74, 6) is 1.27. The molecule has 0 spiro atoms. The Morgan fingerprint density at radius 2 is 1.58 bits per heavy atom. The molecule has 0 saturated carbocycles. The highest BCUT2D eigenvalue weighted by Gasteiger charge is 2.37. The average Bonchev–Trinajstić information content (AvgIpc) is 3.15. The first kappa shape index (κ1) is 20.7. The van der Waals surface area contributed by atoms with Gasteiger partial charge in [-0.15, -0.1) is 0 Å². The van der Waals surface area contributed by atoms with Gasteiger partial charge in [0.15, 0.2) is 0 Å². The second kappa shape index (κ2) is 8.68. The van der Waals surface area contributed by atoms with Crippen molar-refractivity contribution < 1.29 is 18.7 Å². The Morgan fingerprint density at radius 1 is 0.871 bits per heavy atom. The van der Waals surface area contributed by atoms with Gasteiger partial charge in [0.1, 0.15) is 35.4 Å². The van der Waals surface area contributed by atoms with Gasteiger partial charge in [0.2, 0.25) is 0 Å². The predicted molar refractivity (Wildman–Crippen MR) is 121 cm³/mol. The minimum atomic E-state index is -0.511. The van der Waals surface area contributed by atoms with Crippen LogP contribution in [0.15, 0.2) is 89.3 Å². The van der Waals surface area contributed by atoms with Gasteiger partial charge in [0, 0.05) is 5.39 Å². The van der Waals surface area contributed by atoms with Crippen molar-refractivity contribution >= 4 is 16.9 Å². The molecule has 0 bridgehead atoms. The van der Waals surface area contributed by atoms with Gasteiger partial charge in [-0.05, 0) is 47.4 Å². The average molecular weight is 415 g/mol. The van der Waals surface area contributed by atoms with E-state index in [9.17, 15) is 4.79 Å². The predicted octanol–water partition coefficient (Wildman–Crippen LogP) is 7.10. The summed E-state index contributed by atoms with van der Waals surface area (Å²) in [5.41, 5.74) is 1.27. The molecule has 1 aromatic heterocycles. The number of furan rings is 1. The molecule has 158 valence electrons. The highest BCUT2D eigenvalue weighted by molar-refractivity contribution is 5.83. The van der Waals surface area contributed by atoms with Gasteiger partial charge < -0.3 is 13.9 Å². The van der Waals surface area contributed by atoms with E-state index >= 15 is 0 Å². The highest BCUT2D eigenvalue weighted by atomic mass is 16.5. The molecule has 1 atom stereocenters. The fraction of sp³-hybridized carbons (Fsp3) is 0.222. The summed E-state index contributed by atoms with van der Waals surface area (Å²) in [6, 6.07) is 26.8. The molecule has 4 nitrogen and oxygen atoms in total. The van der Waals surface area contributed by atoms with Gasteiger partial charge >= 0.3 is 5.97 Å². The van der Waals surface area contributed by atoms with Crippen LogP contribution in [-0.2, 0) is 16.1 Å². The third-order valence-corrected chi connectivity index (χ3v) is 5.09. The van der Waals surface area contributed by atoms with E-state index in [1.54, 1.807) is 0 Å². The maximum absolute atomic E-state index is 13.1. The zero-order chi connectivity index (χ0) is 21.8. The standard InChI is InChI=1S/C27H26O4/c1-27(2,3)25(24-17-20-11-7-8-15-23(20)31-24)26(28)29-18-19-10-9-14-22(16-19)30-21-12-5-4-6-13-21/h4-17,25H,18H2,1-3H3. The first-order chi connectivity index (χ1) is 14.9. The summed E-state index contributed by atoms with van der Waals surface area (Å²) < 4.78 is 17.6. The van der Waals surface area contributed by atoms with Crippen LogP contribution in [0, 0.1) is 5.41 Å². The third-order valence-electron chi connectivity index (χ3n) is 5.09. The number of carbonyl (C=O) groups excluding carboxylic acids is 1. The van der Waals surface area contributed by atoms with Crippen LogP contribution in [0.3, 0.4) is 0 Å². The number of benzene rings is 3. The molecule has 0 amide bonds. The molecule has 0 saturated heterocycles. The largest absolute Gasteiger partial charge is 0.460 e. The Kier molecular flexibility index (Phi) is 5.81. The molecule has 0 aliphatic carbocycles. The zero-order valence-electron chi connectivity index (χ0n) is 18.0. The van der Waals surface area contributed by atoms with E-state index in [0.29, 0.717) is 11.5 Å². The monoisotopic (exact) mass is 414 g/mol. The summed E-state index contributed by atoms with van der Waals surface area (Å²) in [6.45, 7) is 6.21. The van der Waals surface area contributed by atoms with Gasteiger partial charge in [-0.1, -0.05) is 69.3 Å². The Bertz CT molecular complexity index is 1140. The molecule has 1 heterocycles. The second-order valence-electron chi connectivity index (χ2n) is 8.66. The lowest BCUT2D eigenvalue weighted by Crippen LogP contribution is -2.27. The fourth-order valence-corrected chi connectivity index (χ4v) is 3.60. The van der Waals surface area contributed by atoms with Crippen LogP contribution in [0.5, 0.6) is 11.5 Å². The summed E-state index contributed by atoms with van der Waals surface area (Å²) >= 11 is 0. The van der Waals surface area contributed by atoms with Crippen LogP contribution < -0.4 is 4.74 Å². The number of para-hydroxylation sites is 2. The maximum atomic E-state index is 13.1. The number of rotatable bonds is 6. The molecule has 0 aliphatic heterocycles. The van der Waals surface area contributed by atoms with Crippen molar-refractivity contribution in [2.75, 3.05) is 0 Å². The number of carbonyl (C=O) groups is 1. The Hall–Kier alpha value is -3.53. The molecule has 31 heavy (non-hydrogen) atoms. The highest BCUT2D eigenvalue weighted by Crippen LogP contribution is 2.38. The number of fused-ring (bicyclic) bond motifs is 1. The SMILES string of the molecule is CC(C)(C)C(C(=O)OCc1cccc(Oc2ccccc2)c1)c1cc2ccccc2o1. The van der Waals surface area contributed by atoms with Gasteiger partial charge in [0.05, 0.1) is 0 Å². The van der Waals surface area contributed by atoms with Crippen LogP contribution in [-0.4, -0.2) is 5.97 Å². The molecule has 0 fully saturated rings. The van der Waals surface area contributed by atoms with Crippen LogP contribution in [0.1, 0.15) is 38.0 Å². The van der Waals surface area contributed by atoms with E-state index in [0.717, 1.165) is 22.3 Å². The van der Waals surface area contributed by atoms with E-state index in [4.69, 9.17) is 13.9 Å². The molecule has 4 aromatic rings. The molecular formula is C27H26O4. The normalized spacial score (nSPS) is 12.5. The molecule has 0 aliphatic rings. The summed E-state index contributed by atoms with van der Waals surface area (Å²) in [5, 5.41) is 0.977. The minimum Gasteiger partial charge on any atom is -0.460 e. The smallest absolute Gasteiger partial charge is 0.317 e. The van der Waals surface area contributed by atoms with Crippen molar-refractivity contribution in [1.29, 1.82) is 0 Å². The molecule has 1 unspecified atom stereocenters. The lowest BCUT2D eigenvalue weighted by molar-refractivity contribution is -0.150. The second-order valence-corrected chi connectivity index (χ2v) is 8.66. The summed E-state index contributed by atoms with van der Waals surface area (Å²) in [6.07, 6.45) is 0. The van der Waals surface area contributed by atoms with E-state index < -0.39 is 5.92 Å². The van der Waals surface area contributed by atoms with Crippen molar-refractivity contribution in [3.63, 3.8) is 0 Å². The number of esters is 1. The topological polar surface area (TPSA) is 48.7 Å². The lowest BCUT2D eigenvalue weighted by Gasteiger charge is -2.27. The number of hydrogen-bond donors (Lipinski definition) is 0. The molecule has 0 N–H and O–H groups in total. The molecule has 3 aromatic carbocycles. The van der Waals surface area contributed by atoms with Crippen molar-refractivity contribution in [2.45, 2.75) is 33.3 Å². The third kappa shape index (κ3) is 4.97. The van der Waals surface area contributed by atoms with E-state index in [1.807, 2.05) is 106 Å². The molecule has 4 heteroatoms. The zero-order valence-corrected chi connectivity index (χ0v) is 18.0. The van der Waals surface area contributed by atoms with Gasteiger partial charge in [0.25, 0.3) is 0 Å². The van der Waals surface area contributed by atoms with Crippen LogP contribution in [0.2, 0.25) is 0 Å². The maximum Gasteiger partial charge on any atom is 0.317 e. The van der Waals surface area contributed by atoms with Crippen LogP contribution in [0.25, 0.3) is 11.0 Å².